The Kier molecular flexibility index (Phi) is 5.17. The summed E-state index contributed by atoms with van der Waals surface area (Å²) in [4.78, 5) is 38.3. The van der Waals surface area contributed by atoms with E-state index in [1.54, 1.807) is 36.0 Å². The Balaban J connectivity index is 2.05. The standard InChI is InChI=1S/C21H22N4O3/c1-14-19(21(28)25(23(14)3)18-7-5-4-6-8-18)24(15(2)26)13-16-9-11-17(12-10-16)20(22)27/h4-12H,13H2,1-3H3,(H2,22,27). The second kappa shape index (κ2) is 7.56. The largest absolute Gasteiger partial charge is 0.366 e. The minimum atomic E-state index is -0.514. The van der Waals surface area contributed by atoms with Gasteiger partial charge in [-0.15, -0.1) is 0 Å². The van der Waals surface area contributed by atoms with Crippen molar-refractivity contribution in [1.82, 2.24) is 9.36 Å². The lowest BCUT2D eigenvalue weighted by atomic mass is 10.1. The highest BCUT2D eigenvalue weighted by Crippen LogP contribution is 2.21. The second-order valence-corrected chi connectivity index (χ2v) is 6.58. The highest BCUT2D eigenvalue weighted by Gasteiger charge is 2.24. The van der Waals surface area contributed by atoms with Crippen LogP contribution in [0.15, 0.2) is 59.4 Å². The fourth-order valence-electron chi connectivity index (χ4n) is 3.17. The first-order chi connectivity index (χ1) is 13.3. The lowest BCUT2D eigenvalue weighted by molar-refractivity contribution is -0.116. The lowest BCUT2D eigenvalue weighted by Gasteiger charge is -2.20. The van der Waals surface area contributed by atoms with Crippen molar-refractivity contribution < 1.29 is 9.59 Å². The van der Waals surface area contributed by atoms with Crippen molar-refractivity contribution in [2.24, 2.45) is 12.8 Å². The molecule has 0 aliphatic carbocycles. The van der Waals surface area contributed by atoms with Gasteiger partial charge in [-0.2, -0.15) is 0 Å². The molecular formula is C21H22N4O3. The van der Waals surface area contributed by atoms with E-state index in [4.69, 9.17) is 5.73 Å². The third-order valence-corrected chi connectivity index (χ3v) is 4.75. The Morgan fingerprint density at radius 2 is 1.64 bits per heavy atom. The molecule has 1 aromatic heterocycles. The Bertz CT molecular complexity index is 1080. The van der Waals surface area contributed by atoms with Crippen LogP contribution in [0.2, 0.25) is 0 Å². The van der Waals surface area contributed by atoms with Crippen molar-refractivity contribution in [3.63, 3.8) is 0 Å². The highest BCUT2D eigenvalue weighted by molar-refractivity contribution is 5.93. The van der Waals surface area contributed by atoms with Crippen molar-refractivity contribution >= 4 is 17.5 Å². The molecule has 0 saturated carbocycles. The fourth-order valence-corrected chi connectivity index (χ4v) is 3.17. The summed E-state index contributed by atoms with van der Waals surface area (Å²) >= 11 is 0. The van der Waals surface area contributed by atoms with Crippen LogP contribution in [-0.2, 0) is 18.4 Å². The number of amides is 2. The normalized spacial score (nSPS) is 10.7. The molecular weight excluding hydrogens is 356 g/mol. The van der Waals surface area contributed by atoms with Crippen molar-refractivity contribution in [2.75, 3.05) is 4.90 Å². The van der Waals surface area contributed by atoms with Gasteiger partial charge in [0.25, 0.3) is 5.56 Å². The molecule has 1 heterocycles. The Hall–Kier alpha value is -3.61. The summed E-state index contributed by atoms with van der Waals surface area (Å²) in [6.07, 6.45) is 0. The number of aromatic nitrogens is 2. The molecule has 7 heteroatoms. The maximum Gasteiger partial charge on any atom is 0.295 e. The van der Waals surface area contributed by atoms with Gasteiger partial charge < -0.3 is 10.6 Å². The van der Waals surface area contributed by atoms with E-state index >= 15 is 0 Å². The second-order valence-electron chi connectivity index (χ2n) is 6.58. The lowest BCUT2D eigenvalue weighted by Crippen LogP contribution is -2.33. The van der Waals surface area contributed by atoms with Gasteiger partial charge in [0.1, 0.15) is 5.69 Å². The van der Waals surface area contributed by atoms with Gasteiger partial charge in [-0.1, -0.05) is 30.3 Å². The summed E-state index contributed by atoms with van der Waals surface area (Å²) < 4.78 is 3.27. The number of primary amides is 1. The molecule has 0 aliphatic rings. The van der Waals surface area contributed by atoms with E-state index in [9.17, 15) is 14.4 Å². The van der Waals surface area contributed by atoms with Gasteiger partial charge in [0, 0.05) is 19.5 Å². The maximum absolute atomic E-state index is 13.2. The van der Waals surface area contributed by atoms with E-state index in [1.165, 1.54) is 16.5 Å². The number of rotatable bonds is 5. The zero-order chi connectivity index (χ0) is 20.4. The summed E-state index contributed by atoms with van der Waals surface area (Å²) in [5, 5.41) is 0. The minimum Gasteiger partial charge on any atom is -0.366 e. The van der Waals surface area contributed by atoms with Crippen LogP contribution < -0.4 is 16.2 Å². The number of carbonyl (C=O) groups excluding carboxylic acids is 2. The third kappa shape index (κ3) is 3.46. The van der Waals surface area contributed by atoms with Crippen LogP contribution in [0.1, 0.15) is 28.5 Å². The molecule has 0 saturated heterocycles. The first-order valence-corrected chi connectivity index (χ1v) is 8.82. The van der Waals surface area contributed by atoms with Crippen LogP contribution in [0.4, 0.5) is 5.69 Å². The van der Waals surface area contributed by atoms with Gasteiger partial charge in [0.15, 0.2) is 0 Å². The Morgan fingerprint density at radius 3 is 2.18 bits per heavy atom. The van der Waals surface area contributed by atoms with Crippen molar-refractivity contribution in [1.29, 1.82) is 0 Å². The fraction of sp³-hybridized carbons (Fsp3) is 0.190. The number of nitrogens with two attached hydrogens (primary N) is 1. The van der Waals surface area contributed by atoms with Gasteiger partial charge in [0.2, 0.25) is 11.8 Å². The summed E-state index contributed by atoms with van der Waals surface area (Å²) in [5.41, 5.74) is 7.91. The Labute approximate surface area is 162 Å². The molecule has 0 fully saturated rings. The van der Waals surface area contributed by atoms with Crippen molar-refractivity contribution in [3.05, 3.63) is 81.8 Å². The first kappa shape index (κ1) is 19.2. The summed E-state index contributed by atoms with van der Waals surface area (Å²) in [6, 6.07) is 15.9. The molecule has 28 heavy (non-hydrogen) atoms. The highest BCUT2D eigenvalue weighted by atomic mass is 16.2. The van der Waals surface area contributed by atoms with Crippen LogP contribution >= 0.6 is 0 Å². The molecule has 7 nitrogen and oxygen atoms in total. The van der Waals surface area contributed by atoms with E-state index in [2.05, 4.69) is 0 Å². The van der Waals surface area contributed by atoms with Crippen molar-refractivity contribution in [2.45, 2.75) is 20.4 Å². The molecule has 0 bridgehead atoms. The van der Waals surface area contributed by atoms with E-state index in [1.807, 2.05) is 37.3 Å². The van der Waals surface area contributed by atoms with Crippen LogP contribution in [0.3, 0.4) is 0 Å². The van der Waals surface area contributed by atoms with Crippen LogP contribution in [0.25, 0.3) is 5.69 Å². The van der Waals surface area contributed by atoms with Gasteiger partial charge in [-0.25, -0.2) is 4.68 Å². The number of hydrogen-bond donors (Lipinski definition) is 1. The summed E-state index contributed by atoms with van der Waals surface area (Å²) in [7, 11) is 1.78. The molecule has 0 aliphatic heterocycles. The molecule has 2 aromatic carbocycles. The van der Waals surface area contributed by atoms with Crippen LogP contribution in [-0.4, -0.2) is 21.2 Å². The molecule has 0 unspecified atom stereocenters. The molecule has 3 aromatic rings. The number of benzene rings is 2. The van der Waals surface area contributed by atoms with E-state index in [0.29, 0.717) is 16.9 Å². The quantitative estimate of drug-likeness (QED) is 0.737. The predicted octanol–water partition coefficient (Wildman–Crippen LogP) is 2.14. The molecule has 2 amide bonds. The summed E-state index contributed by atoms with van der Waals surface area (Å²) in [6.45, 7) is 3.45. The van der Waals surface area contributed by atoms with E-state index in [-0.39, 0.29) is 18.0 Å². The third-order valence-electron chi connectivity index (χ3n) is 4.75. The average molecular weight is 378 g/mol. The number of hydrogen-bond acceptors (Lipinski definition) is 3. The van der Waals surface area contributed by atoms with Gasteiger partial charge in [0.05, 0.1) is 17.9 Å². The number of carbonyl (C=O) groups is 2. The van der Waals surface area contributed by atoms with E-state index in [0.717, 1.165) is 11.3 Å². The SMILES string of the molecule is CC(=O)N(Cc1ccc(C(N)=O)cc1)c1c(C)n(C)n(-c2ccccc2)c1=O. The van der Waals surface area contributed by atoms with Crippen LogP contribution in [0, 0.1) is 6.92 Å². The topological polar surface area (TPSA) is 90.3 Å². The monoisotopic (exact) mass is 378 g/mol. The van der Waals surface area contributed by atoms with Crippen molar-refractivity contribution in [3.8, 4) is 5.69 Å². The van der Waals surface area contributed by atoms with E-state index < -0.39 is 5.91 Å². The van der Waals surface area contributed by atoms with Gasteiger partial charge >= 0.3 is 0 Å². The number of nitrogens with zero attached hydrogens (tertiary/aromatic N) is 3. The number of anilines is 1. The first-order valence-electron chi connectivity index (χ1n) is 8.82. The molecule has 0 spiro atoms. The maximum atomic E-state index is 13.2. The molecule has 0 radical (unpaired) electrons. The Morgan fingerprint density at radius 1 is 1.04 bits per heavy atom. The summed E-state index contributed by atoms with van der Waals surface area (Å²) in [5.74, 6) is -0.760. The van der Waals surface area contributed by atoms with Crippen LogP contribution in [0.5, 0.6) is 0 Å². The number of para-hydroxylation sites is 1. The minimum absolute atomic E-state index is 0.212. The molecule has 2 N–H and O–H groups in total. The predicted molar refractivity (Wildman–Crippen MR) is 108 cm³/mol. The molecule has 144 valence electrons. The zero-order valence-corrected chi connectivity index (χ0v) is 16.0. The average Bonchev–Trinajstić information content (AvgIpc) is 2.89. The molecule has 3 rings (SSSR count). The van der Waals surface area contributed by atoms with Gasteiger partial charge in [-0.3, -0.25) is 19.1 Å². The van der Waals surface area contributed by atoms with Gasteiger partial charge in [-0.05, 0) is 36.8 Å². The zero-order valence-electron chi connectivity index (χ0n) is 16.0. The molecule has 0 atom stereocenters. The smallest absolute Gasteiger partial charge is 0.295 e.